The Morgan fingerprint density at radius 3 is 2.00 bits per heavy atom. The molecular formula is C48H26N4O. The minimum absolute atomic E-state index is 0.814. The average Bonchev–Trinajstić information content (AvgIpc) is 3.85. The zero-order valence-electron chi connectivity index (χ0n) is 28.2. The summed E-state index contributed by atoms with van der Waals surface area (Å²) in [4.78, 5) is 11.0. The van der Waals surface area contributed by atoms with Crippen molar-refractivity contribution in [3.8, 4) is 17.1 Å². The van der Waals surface area contributed by atoms with Gasteiger partial charge in [-0.3, -0.25) is 4.57 Å². The lowest BCUT2D eigenvalue weighted by molar-refractivity contribution is 0.669. The molecule has 0 aliphatic carbocycles. The molecule has 0 atom stereocenters. The highest BCUT2D eigenvalue weighted by atomic mass is 16.3. The van der Waals surface area contributed by atoms with Gasteiger partial charge in [-0.25, -0.2) is 9.97 Å². The third-order valence-electron chi connectivity index (χ3n) is 11.4. The van der Waals surface area contributed by atoms with Crippen molar-refractivity contribution < 1.29 is 4.42 Å². The second kappa shape index (κ2) is 9.75. The van der Waals surface area contributed by atoms with Gasteiger partial charge in [-0.05, 0) is 53.2 Å². The van der Waals surface area contributed by atoms with Crippen molar-refractivity contribution in [1.29, 1.82) is 0 Å². The first-order valence-electron chi connectivity index (χ1n) is 18.0. The lowest BCUT2D eigenvalue weighted by atomic mass is 10.0. The van der Waals surface area contributed by atoms with E-state index < -0.39 is 0 Å². The summed E-state index contributed by atoms with van der Waals surface area (Å²) < 4.78 is 11.3. The van der Waals surface area contributed by atoms with Crippen LogP contribution in [0.4, 0.5) is 0 Å². The fraction of sp³-hybridized carbons (Fsp3) is 0. The van der Waals surface area contributed by atoms with Crippen molar-refractivity contribution in [1.82, 2.24) is 18.9 Å². The molecule has 0 saturated heterocycles. The Hall–Kier alpha value is -7.24. The standard InChI is InChI=1S/C48H26N4O/c1-2-12-28(13-3-1)44-48(50-45-29-14-5-4-11-27(29)23-25-35(45)49-44)51-36-19-9-16-30-31-17-8-18-32-33-24-26-40-42(34-15-6-7-22-39(34)53-40)47(33)52(46(31)32)38-21-10-20-37(51)43(38)41(30)36/h1-26H. The number of nitrogens with zero attached hydrogens (tertiary/aromatic N) is 4. The summed E-state index contributed by atoms with van der Waals surface area (Å²) in [5.41, 5.74) is 11.1. The van der Waals surface area contributed by atoms with Gasteiger partial charge in [0.2, 0.25) is 0 Å². The molecule has 0 amide bonds. The Labute approximate surface area is 300 Å². The summed E-state index contributed by atoms with van der Waals surface area (Å²) in [5.74, 6) is 0.814. The van der Waals surface area contributed by atoms with Crippen LogP contribution in [0.1, 0.15) is 0 Å². The Morgan fingerprint density at radius 2 is 1.09 bits per heavy atom. The lowest BCUT2D eigenvalue weighted by Crippen LogP contribution is -2.04. The van der Waals surface area contributed by atoms with E-state index in [1.165, 1.54) is 37.8 Å². The maximum absolute atomic E-state index is 6.48. The van der Waals surface area contributed by atoms with Crippen LogP contribution < -0.4 is 0 Å². The molecule has 0 saturated carbocycles. The second-order valence-corrected chi connectivity index (χ2v) is 14.1. The number of rotatable bonds is 2. The first-order chi connectivity index (χ1) is 26.3. The van der Waals surface area contributed by atoms with Crippen LogP contribution in [0.5, 0.6) is 0 Å². The van der Waals surface area contributed by atoms with E-state index in [1.807, 2.05) is 6.07 Å². The van der Waals surface area contributed by atoms with Crippen LogP contribution in [0.3, 0.4) is 0 Å². The van der Waals surface area contributed by atoms with Gasteiger partial charge in [0.1, 0.15) is 16.9 Å². The van der Waals surface area contributed by atoms with Gasteiger partial charge in [0, 0.05) is 43.3 Å². The quantitative estimate of drug-likeness (QED) is 0.172. The highest BCUT2D eigenvalue weighted by molar-refractivity contribution is 6.33. The van der Waals surface area contributed by atoms with E-state index in [0.29, 0.717) is 0 Å². The van der Waals surface area contributed by atoms with Crippen molar-refractivity contribution in [2.24, 2.45) is 0 Å². The molecule has 0 aliphatic heterocycles. The van der Waals surface area contributed by atoms with Gasteiger partial charge in [-0.2, -0.15) is 0 Å². The summed E-state index contributed by atoms with van der Waals surface area (Å²) in [6.45, 7) is 0. The van der Waals surface area contributed by atoms with Gasteiger partial charge in [-0.15, -0.1) is 0 Å². The molecule has 0 aliphatic rings. The predicted molar refractivity (Wildman–Crippen MR) is 219 cm³/mol. The molecular weight excluding hydrogens is 649 g/mol. The van der Waals surface area contributed by atoms with E-state index in [2.05, 4.69) is 161 Å². The minimum atomic E-state index is 0.814. The molecule has 0 radical (unpaired) electrons. The fourth-order valence-electron chi connectivity index (χ4n) is 9.27. The first kappa shape index (κ1) is 27.5. The molecule has 5 heteroatoms. The third kappa shape index (κ3) is 3.42. The normalized spacial score (nSPS) is 12.5. The van der Waals surface area contributed by atoms with E-state index >= 15 is 0 Å². The zero-order valence-corrected chi connectivity index (χ0v) is 28.2. The highest BCUT2D eigenvalue weighted by Crippen LogP contribution is 2.47. The zero-order chi connectivity index (χ0) is 34.4. The molecule has 13 rings (SSSR count). The topological polar surface area (TPSA) is 48.3 Å². The summed E-state index contributed by atoms with van der Waals surface area (Å²) in [7, 11) is 0. The third-order valence-corrected chi connectivity index (χ3v) is 11.4. The number of furan rings is 1. The monoisotopic (exact) mass is 674 g/mol. The minimum Gasteiger partial charge on any atom is -0.456 e. The summed E-state index contributed by atoms with van der Waals surface area (Å²) >= 11 is 0. The Balaban J connectivity index is 1.29. The van der Waals surface area contributed by atoms with Crippen molar-refractivity contribution >= 4 is 104 Å². The maximum Gasteiger partial charge on any atom is 0.165 e. The van der Waals surface area contributed by atoms with Gasteiger partial charge < -0.3 is 8.82 Å². The largest absolute Gasteiger partial charge is 0.456 e. The fourth-order valence-corrected chi connectivity index (χ4v) is 9.27. The van der Waals surface area contributed by atoms with Crippen LogP contribution in [0, 0.1) is 0 Å². The van der Waals surface area contributed by atoms with E-state index in [1.54, 1.807) is 0 Å². The molecule has 13 aromatic rings. The van der Waals surface area contributed by atoms with Gasteiger partial charge in [0.05, 0.1) is 44.0 Å². The van der Waals surface area contributed by atoms with Crippen LogP contribution in [0.25, 0.3) is 121 Å². The van der Waals surface area contributed by atoms with Crippen molar-refractivity contribution in [3.05, 3.63) is 158 Å². The van der Waals surface area contributed by atoms with Gasteiger partial charge >= 0.3 is 0 Å². The number of aromatic nitrogens is 4. The van der Waals surface area contributed by atoms with Crippen LogP contribution in [-0.4, -0.2) is 18.9 Å². The van der Waals surface area contributed by atoms with Gasteiger partial charge in [-0.1, -0.05) is 115 Å². The van der Waals surface area contributed by atoms with Crippen LogP contribution in [-0.2, 0) is 0 Å². The number of hydrogen-bond acceptors (Lipinski definition) is 3. The summed E-state index contributed by atoms with van der Waals surface area (Å²) in [5, 5.41) is 11.8. The highest BCUT2D eigenvalue weighted by Gasteiger charge is 2.26. The first-order valence-corrected chi connectivity index (χ1v) is 18.0. The maximum atomic E-state index is 6.48. The van der Waals surface area contributed by atoms with E-state index in [-0.39, 0.29) is 0 Å². The Kier molecular flexibility index (Phi) is 5.06. The Morgan fingerprint density at radius 1 is 0.415 bits per heavy atom. The summed E-state index contributed by atoms with van der Waals surface area (Å²) in [6, 6.07) is 56.1. The van der Waals surface area contributed by atoms with Crippen molar-refractivity contribution in [2.75, 3.05) is 0 Å². The smallest absolute Gasteiger partial charge is 0.165 e. The van der Waals surface area contributed by atoms with Crippen molar-refractivity contribution in [2.45, 2.75) is 0 Å². The van der Waals surface area contributed by atoms with Gasteiger partial charge in [0.15, 0.2) is 5.82 Å². The average molecular weight is 675 g/mol. The molecule has 0 fully saturated rings. The molecule has 5 aromatic heterocycles. The molecule has 0 unspecified atom stereocenters. The number of benzene rings is 8. The van der Waals surface area contributed by atoms with Crippen LogP contribution in [0.2, 0.25) is 0 Å². The molecule has 8 aromatic carbocycles. The predicted octanol–water partition coefficient (Wildman–Crippen LogP) is 12.6. The summed E-state index contributed by atoms with van der Waals surface area (Å²) in [6.07, 6.45) is 0. The van der Waals surface area contributed by atoms with E-state index in [0.717, 1.165) is 82.9 Å². The molecule has 0 N–H and O–H groups in total. The molecule has 0 bridgehead atoms. The number of fused-ring (bicyclic) bond motifs is 12. The molecule has 0 spiro atoms. The van der Waals surface area contributed by atoms with Crippen LogP contribution in [0.15, 0.2) is 162 Å². The van der Waals surface area contributed by atoms with Crippen molar-refractivity contribution in [3.63, 3.8) is 0 Å². The van der Waals surface area contributed by atoms with E-state index in [4.69, 9.17) is 14.4 Å². The molecule has 53 heavy (non-hydrogen) atoms. The number of hydrogen-bond donors (Lipinski definition) is 0. The second-order valence-electron chi connectivity index (χ2n) is 14.1. The number of para-hydroxylation sites is 2. The molecule has 244 valence electrons. The lowest BCUT2D eigenvalue weighted by Gasteiger charge is -2.15. The van der Waals surface area contributed by atoms with E-state index in [9.17, 15) is 0 Å². The molecule has 5 heterocycles. The Bertz CT molecular complexity index is 3680. The van der Waals surface area contributed by atoms with Crippen LogP contribution >= 0.6 is 0 Å². The van der Waals surface area contributed by atoms with Gasteiger partial charge in [0.25, 0.3) is 0 Å². The molecule has 5 nitrogen and oxygen atoms in total. The SMILES string of the molecule is c1ccc(-c2nc3ccc4ccccc4c3nc2-n2c3cccc4c5cccc6c7ccc8oc9ccccc9c8c7n(c7cccc2c7c43)c56)cc1.